The van der Waals surface area contributed by atoms with E-state index in [4.69, 9.17) is 4.42 Å². The number of fused-ring (bicyclic) bond motifs is 2. The first-order valence-electron chi connectivity index (χ1n) is 10.4. The lowest BCUT2D eigenvalue weighted by atomic mass is 9.99. The fraction of sp³-hybridized carbons (Fsp3) is 0.182. The third-order valence-corrected chi connectivity index (χ3v) is 5.72. The highest BCUT2D eigenvalue weighted by Gasteiger charge is 2.38. The molecule has 0 unspecified atom stereocenters. The summed E-state index contributed by atoms with van der Waals surface area (Å²) in [6.07, 6.45) is 0.939. The molecule has 5 aromatic rings. The summed E-state index contributed by atoms with van der Waals surface area (Å²) in [5.74, 6) is -0.603. The lowest BCUT2D eigenvalue weighted by Crippen LogP contribution is -2.41. The fourth-order valence-corrected chi connectivity index (χ4v) is 4.18. The molecular formula is C22H16F2N8O2. The number of rotatable bonds is 4. The lowest BCUT2D eigenvalue weighted by molar-refractivity contribution is 0.0646. The Bertz CT molecular complexity index is 1490. The van der Waals surface area contributed by atoms with Crippen molar-refractivity contribution in [3.8, 4) is 11.6 Å². The molecule has 0 aromatic carbocycles. The van der Waals surface area contributed by atoms with Crippen LogP contribution in [0.2, 0.25) is 0 Å². The molecule has 1 atom stereocenters. The number of carbonyl (C=O) groups is 1. The zero-order valence-electron chi connectivity index (χ0n) is 17.5. The van der Waals surface area contributed by atoms with Crippen molar-refractivity contribution < 1.29 is 18.0 Å². The average molecular weight is 462 g/mol. The number of hydrogen-bond donors (Lipinski definition) is 1. The van der Waals surface area contributed by atoms with Crippen molar-refractivity contribution in [1.82, 2.24) is 39.7 Å². The SMILES string of the molecule is O=C(c1nnc(-c2ccccn2)o1)N1CCc2[nH]cnc2[C@H]1c1cc2cccc(C(F)F)n2n1. The number of nitrogens with one attached hydrogen (secondary N) is 1. The molecule has 0 bridgehead atoms. The largest absolute Gasteiger partial charge is 0.411 e. The second-order valence-electron chi connectivity index (χ2n) is 7.70. The highest BCUT2D eigenvalue weighted by atomic mass is 19.3. The molecule has 10 nitrogen and oxygen atoms in total. The molecule has 0 saturated carbocycles. The monoisotopic (exact) mass is 462 g/mol. The van der Waals surface area contributed by atoms with Crippen LogP contribution in [0.3, 0.4) is 0 Å². The Morgan fingerprint density at radius 2 is 2.06 bits per heavy atom. The molecule has 6 rings (SSSR count). The van der Waals surface area contributed by atoms with E-state index >= 15 is 0 Å². The molecular weight excluding hydrogens is 446 g/mol. The Kier molecular flexibility index (Phi) is 4.64. The van der Waals surface area contributed by atoms with E-state index in [1.807, 2.05) is 0 Å². The van der Waals surface area contributed by atoms with E-state index in [-0.39, 0.29) is 17.5 Å². The molecule has 0 saturated heterocycles. The van der Waals surface area contributed by atoms with Crippen LogP contribution in [0.4, 0.5) is 8.78 Å². The normalized spacial score (nSPS) is 15.7. The molecule has 5 aromatic heterocycles. The van der Waals surface area contributed by atoms with Gasteiger partial charge in [0, 0.05) is 24.9 Å². The van der Waals surface area contributed by atoms with Crippen molar-refractivity contribution in [3.63, 3.8) is 0 Å². The van der Waals surface area contributed by atoms with Gasteiger partial charge in [-0.3, -0.25) is 9.78 Å². The van der Waals surface area contributed by atoms with Crippen molar-refractivity contribution in [2.24, 2.45) is 0 Å². The maximum atomic E-state index is 13.5. The number of amides is 1. The molecule has 0 fully saturated rings. The van der Waals surface area contributed by atoms with Gasteiger partial charge in [0.2, 0.25) is 0 Å². The minimum absolute atomic E-state index is 0.118. The summed E-state index contributed by atoms with van der Waals surface area (Å²) in [5, 5.41) is 12.3. The first kappa shape index (κ1) is 20.1. The molecule has 0 spiro atoms. The van der Waals surface area contributed by atoms with Crippen molar-refractivity contribution in [3.05, 3.63) is 83.7 Å². The number of hydrogen-bond acceptors (Lipinski definition) is 7. The van der Waals surface area contributed by atoms with Crippen LogP contribution in [0.25, 0.3) is 17.1 Å². The molecule has 1 amide bonds. The quantitative estimate of drug-likeness (QED) is 0.436. The zero-order chi connectivity index (χ0) is 23.2. The molecule has 1 N–H and O–H groups in total. The number of imidazole rings is 1. The number of nitrogens with zero attached hydrogens (tertiary/aromatic N) is 7. The zero-order valence-corrected chi connectivity index (χ0v) is 17.5. The molecule has 0 aliphatic carbocycles. The summed E-state index contributed by atoms with van der Waals surface area (Å²) in [6, 6.07) is 10.7. The fourth-order valence-electron chi connectivity index (χ4n) is 4.18. The summed E-state index contributed by atoms with van der Waals surface area (Å²) in [7, 11) is 0. The average Bonchev–Trinajstić information content (AvgIpc) is 3.62. The first-order chi connectivity index (χ1) is 16.6. The predicted octanol–water partition coefficient (Wildman–Crippen LogP) is 3.23. The van der Waals surface area contributed by atoms with E-state index in [2.05, 4.69) is 30.2 Å². The van der Waals surface area contributed by atoms with Crippen LogP contribution in [0.5, 0.6) is 0 Å². The van der Waals surface area contributed by atoms with Crippen LogP contribution in [0.1, 0.15) is 45.9 Å². The van der Waals surface area contributed by atoms with Gasteiger partial charge in [0.1, 0.15) is 17.4 Å². The minimum atomic E-state index is -2.70. The topological polar surface area (TPSA) is 118 Å². The Hall–Kier alpha value is -4.48. The number of carbonyl (C=O) groups excluding carboxylic acids is 1. The third-order valence-electron chi connectivity index (χ3n) is 5.72. The molecule has 6 heterocycles. The summed E-state index contributed by atoms with van der Waals surface area (Å²) in [5.41, 5.74) is 2.53. The molecule has 0 radical (unpaired) electrons. The molecule has 1 aliphatic heterocycles. The molecule has 12 heteroatoms. The number of alkyl halides is 2. The van der Waals surface area contributed by atoms with Gasteiger partial charge in [-0.15, -0.1) is 10.2 Å². The van der Waals surface area contributed by atoms with Gasteiger partial charge in [0.15, 0.2) is 0 Å². The number of H-pyrrole nitrogens is 1. The van der Waals surface area contributed by atoms with Crippen LogP contribution in [0.15, 0.2) is 59.4 Å². The minimum Gasteiger partial charge on any atom is -0.411 e. The van der Waals surface area contributed by atoms with Crippen molar-refractivity contribution in [2.75, 3.05) is 6.54 Å². The van der Waals surface area contributed by atoms with Crippen LogP contribution in [0, 0.1) is 0 Å². The van der Waals surface area contributed by atoms with E-state index in [9.17, 15) is 13.6 Å². The Morgan fingerprint density at radius 1 is 1.15 bits per heavy atom. The molecule has 34 heavy (non-hydrogen) atoms. The maximum absolute atomic E-state index is 13.5. The Balaban J connectivity index is 1.42. The van der Waals surface area contributed by atoms with Crippen molar-refractivity contribution in [1.29, 1.82) is 0 Å². The highest BCUT2D eigenvalue weighted by molar-refractivity contribution is 5.90. The number of pyridine rings is 2. The molecule has 170 valence electrons. The van der Waals surface area contributed by atoms with Crippen molar-refractivity contribution in [2.45, 2.75) is 18.9 Å². The van der Waals surface area contributed by atoms with Gasteiger partial charge in [-0.2, -0.15) is 5.10 Å². The lowest BCUT2D eigenvalue weighted by Gasteiger charge is -2.32. The number of aromatic amines is 1. The highest BCUT2D eigenvalue weighted by Crippen LogP contribution is 2.35. The maximum Gasteiger partial charge on any atom is 0.312 e. The van der Waals surface area contributed by atoms with Gasteiger partial charge in [-0.05, 0) is 30.3 Å². The predicted molar refractivity (Wildman–Crippen MR) is 113 cm³/mol. The second-order valence-corrected chi connectivity index (χ2v) is 7.70. The number of aromatic nitrogens is 7. The van der Waals surface area contributed by atoms with E-state index < -0.39 is 18.4 Å². The van der Waals surface area contributed by atoms with Crippen LogP contribution < -0.4 is 0 Å². The van der Waals surface area contributed by atoms with Gasteiger partial charge in [-0.25, -0.2) is 18.3 Å². The van der Waals surface area contributed by atoms with E-state index in [0.717, 1.165) is 5.69 Å². The molecule has 1 aliphatic rings. The second kappa shape index (κ2) is 7.83. The Labute approximate surface area is 190 Å². The first-order valence-corrected chi connectivity index (χ1v) is 10.4. The summed E-state index contributed by atoms with van der Waals surface area (Å²) in [6.45, 7) is 0.315. The van der Waals surface area contributed by atoms with Crippen LogP contribution >= 0.6 is 0 Å². The van der Waals surface area contributed by atoms with Gasteiger partial charge >= 0.3 is 11.8 Å². The van der Waals surface area contributed by atoms with Gasteiger partial charge in [0.25, 0.3) is 12.3 Å². The summed E-state index contributed by atoms with van der Waals surface area (Å²) >= 11 is 0. The van der Waals surface area contributed by atoms with E-state index in [0.29, 0.717) is 35.6 Å². The smallest absolute Gasteiger partial charge is 0.312 e. The van der Waals surface area contributed by atoms with Crippen LogP contribution in [-0.2, 0) is 6.42 Å². The Morgan fingerprint density at radius 3 is 2.88 bits per heavy atom. The van der Waals surface area contributed by atoms with Gasteiger partial charge in [0.05, 0.1) is 23.2 Å². The van der Waals surface area contributed by atoms with Gasteiger partial charge in [-0.1, -0.05) is 12.1 Å². The van der Waals surface area contributed by atoms with Gasteiger partial charge < -0.3 is 14.3 Å². The van der Waals surface area contributed by atoms with E-state index in [1.54, 1.807) is 42.6 Å². The van der Waals surface area contributed by atoms with Crippen LogP contribution in [-0.4, -0.2) is 52.1 Å². The number of halogens is 2. The van der Waals surface area contributed by atoms with E-state index in [1.165, 1.54) is 21.8 Å². The summed E-state index contributed by atoms with van der Waals surface area (Å²) in [4.78, 5) is 26.6. The summed E-state index contributed by atoms with van der Waals surface area (Å²) < 4.78 is 33.9. The third kappa shape index (κ3) is 3.22. The van der Waals surface area contributed by atoms with Crippen molar-refractivity contribution >= 4 is 11.4 Å². The standard InChI is InChI=1S/C22H16F2N8O2/c23-19(24)16-6-3-4-12-10-15(30-32(12)16)18-17-13(26-11-27-17)7-9-31(18)22(33)21-29-28-20(34-21)14-5-1-2-8-25-14/h1-6,8,10-11,18-19H,7,9H2,(H,26,27)/t18-/m1/s1.